The zero-order valence-electron chi connectivity index (χ0n) is 9.74. The van der Waals surface area contributed by atoms with Crippen LogP contribution in [0.25, 0.3) is 10.9 Å². The summed E-state index contributed by atoms with van der Waals surface area (Å²) >= 11 is 0. The van der Waals surface area contributed by atoms with Crippen LogP contribution >= 0.6 is 0 Å². The van der Waals surface area contributed by atoms with Crippen molar-refractivity contribution in [3.8, 4) is 0 Å². The quantitative estimate of drug-likeness (QED) is 0.828. The van der Waals surface area contributed by atoms with E-state index in [4.69, 9.17) is 0 Å². The molecule has 1 fully saturated rings. The molecular weight excluding hydrogens is 196 g/mol. The molecule has 1 aromatic carbocycles. The molecule has 2 nitrogen and oxygen atoms in total. The van der Waals surface area contributed by atoms with Crippen LogP contribution in [0.4, 0.5) is 0 Å². The van der Waals surface area contributed by atoms with Crippen LogP contribution in [0.15, 0.2) is 30.5 Å². The van der Waals surface area contributed by atoms with E-state index in [0.717, 1.165) is 19.1 Å². The lowest BCUT2D eigenvalue weighted by Gasteiger charge is -2.06. The fraction of sp³-hybridized carbons (Fsp3) is 0.429. The van der Waals surface area contributed by atoms with Crippen molar-refractivity contribution in [2.24, 2.45) is 0 Å². The maximum Gasteiger partial charge on any atom is 0.0483 e. The van der Waals surface area contributed by atoms with E-state index in [0.29, 0.717) is 0 Å². The molecule has 1 aliphatic rings. The number of nitrogens with one attached hydrogen (secondary N) is 1. The van der Waals surface area contributed by atoms with Gasteiger partial charge in [0.25, 0.3) is 0 Å². The summed E-state index contributed by atoms with van der Waals surface area (Å²) in [5, 5.41) is 4.98. The van der Waals surface area contributed by atoms with Crippen molar-refractivity contribution in [2.45, 2.75) is 38.9 Å². The normalized spacial score (nSPS) is 15.8. The van der Waals surface area contributed by atoms with E-state index >= 15 is 0 Å². The lowest BCUT2D eigenvalue weighted by Crippen LogP contribution is -2.15. The Morgan fingerprint density at radius 1 is 1.31 bits per heavy atom. The van der Waals surface area contributed by atoms with Gasteiger partial charge in [-0.1, -0.05) is 12.1 Å². The van der Waals surface area contributed by atoms with Crippen molar-refractivity contribution >= 4 is 10.9 Å². The first kappa shape index (κ1) is 9.91. The summed E-state index contributed by atoms with van der Waals surface area (Å²) in [6.07, 6.45) is 4.89. The zero-order valence-corrected chi connectivity index (χ0v) is 9.74. The molecule has 2 aromatic rings. The third-order valence-electron chi connectivity index (χ3n) is 3.40. The monoisotopic (exact) mass is 214 g/mol. The first-order valence-corrected chi connectivity index (χ1v) is 6.18. The first-order valence-electron chi connectivity index (χ1n) is 6.18. The van der Waals surface area contributed by atoms with Gasteiger partial charge in [0.05, 0.1) is 0 Å². The molecule has 1 heterocycles. The number of hydrogen-bond donors (Lipinski definition) is 1. The summed E-state index contributed by atoms with van der Waals surface area (Å²) in [6.45, 7) is 4.24. The maximum atomic E-state index is 3.58. The molecule has 3 rings (SSSR count). The van der Waals surface area contributed by atoms with Gasteiger partial charge in [-0.05, 0) is 37.5 Å². The SMILES string of the molecule is CCn1ccc2c(CNC3CC3)cccc21. The average molecular weight is 214 g/mol. The molecule has 84 valence electrons. The van der Waals surface area contributed by atoms with Gasteiger partial charge in [-0.2, -0.15) is 0 Å². The van der Waals surface area contributed by atoms with E-state index in [1.54, 1.807) is 0 Å². The van der Waals surface area contributed by atoms with E-state index in [9.17, 15) is 0 Å². The van der Waals surface area contributed by atoms with Crippen molar-refractivity contribution in [1.29, 1.82) is 0 Å². The molecular formula is C14H18N2. The molecule has 0 bridgehead atoms. The van der Waals surface area contributed by atoms with E-state index in [2.05, 4.69) is 47.3 Å². The Morgan fingerprint density at radius 3 is 2.94 bits per heavy atom. The van der Waals surface area contributed by atoms with Crippen molar-refractivity contribution < 1.29 is 0 Å². The number of benzene rings is 1. The highest BCUT2D eigenvalue weighted by atomic mass is 15.0. The van der Waals surface area contributed by atoms with Crippen molar-refractivity contribution in [3.05, 3.63) is 36.0 Å². The molecule has 1 aliphatic carbocycles. The molecule has 0 unspecified atom stereocenters. The van der Waals surface area contributed by atoms with Crippen LogP contribution in [-0.4, -0.2) is 10.6 Å². The van der Waals surface area contributed by atoms with Gasteiger partial charge in [-0.3, -0.25) is 0 Å². The second kappa shape index (κ2) is 3.95. The molecule has 1 N–H and O–H groups in total. The van der Waals surface area contributed by atoms with Gasteiger partial charge >= 0.3 is 0 Å². The minimum atomic E-state index is 0.781. The van der Waals surface area contributed by atoms with Crippen LogP contribution in [-0.2, 0) is 13.1 Å². The van der Waals surface area contributed by atoms with Crippen LogP contribution in [0.2, 0.25) is 0 Å². The molecule has 0 spiro atoms. The Labute approximate surface area is 96.3 Å². The Hall–Kier alpha value is -1.28. The summed E-state index contributed by atoms with van der Waals surface area (Å²) in [5.74, 6) is 0. The predicted molar refractivity (Wildman–Crippen MR) is 67.5 cm³/mol. The van der Waals surface area contributed by atoms with Crippen molar-refractivity contribution in [2.75, 3.05) is 0 Å². The lowest BCUT2D eigenvalue weighted by atomic mass is 10.1. The van der Waals surface area contributed by atoms with Gasteiger partial charge in [0.1, 0.15) is 0 Å². The number of aromatic nitrogens is 1. The second-order valence-corrected chi connectivity index (χ2v) is 4.61. The van der Waals surface area contributed by atoms with Gasteiger partial charge in [0, 0.05) is 36.2 Å². The molecule has 0 amide bonds. The maximum absolute atomic E-state index is 3.58. The van der Waals surface area contributed by atoms with E-state index < -0.39 is 0 Å². The van der Waals surface area contributed by atoms with Crippen molar-refractivity contribution in [3.63, 3.8) is 0 Å². The minimum Gasteiger partial charge on any atom is -0.348 e. The summed E-state index contributed by atoms with van der Waals surface area (Å²) in [4.78, 5) is 0. The highest BCUT2D eigenvalue weighted by Crippen LogP contribution is 2.23. The Bertz CT molecular complexity index is 494. The van der Waals surface area contributed by atoms with Crippen LogP contribution in [0.5, 0.6) is 0 Å². The molecule has 1 saturated carbocycles. The number of aryl methyl sites for hydroxylation is 1. The third-order valence-corrected chi connectivity index (χ3v) is 3.40. The van der Waals surface area contributed by atoms with Crippen LogP contribution < -0.4 is 5.32 Å². The van der Waals surface area contributed by atoms with E-state index in [1.807, 2.05) is 0 Å². The number of rotatable bonds is 4. The summed E-state index contributed by atoms with van der Waals surface area (Å²) in [6, 6.07) is 9.63. The predicted octanol–water partition coefficient (Wildman–Crippen LogP) is 2.91. The van der Waals surface area contributed by atoms with Crippen LogP contribution in [0.3, 0.4) is 0 Å². The second-order valence-electron chi connectivity index (χ2n) is 4.61. The highest BCUT2D eigenvalue weighted by molar-refractivity contribution is 5.83. The fourth-order valence-corrected chi connectivity index (χ4v) is 2.26. The molecule has 16 heavy (non-hydrogen) atoms. The first-order chi connectivity index (χ1) is 7.88. The van der Waals surface area contributed by atoms with Gasteiger partial charge in [0.2, 0.25) is 0 Å². The van der Waals surface area contributed by atoms with Crippen LogP contribution in [0, 0.1) is 0 Å². The number of nitrogens with zero attached hydrogens (tertiary/aromatic N) is 1. The van der Waals surface area contributed by atoms with Gasteiger partial charge < -0.3 is 9.88 Å². The summed E-state index contributed by atoms with van der Waals surface area (Å²) < 4.78 is 2.30. The van der Waals surface area contributed by atoms with Gasteiger partial charge in [-0.15, -0.1) is 0 Å². The number of hydrogen-bond acceptors (Lipinski definition) is 1. The molecule has 1 aromatic heterocycles. The minimum absolute atomic E-state index is 0.781. The fourth-order valence-electron chi connectivity index (χ4n) is 2.26. The van der Waals surface area contributed by atoms with E-state index in [1.165, 1.54) is 29.3 Å². The topological polar surface area (TPSA) is 17.0 Å². The van der Waals surface area contributed by atoms with Gasteiger partial charge in [0.15, 0.2) is 0 Å². The molecule has 0 atom stereocenters. The third kappa shape index (κ3) is 1.74. The highest BCUT2D eigenvalue weighted by Gasteiger charge is 2.20. The van der Waals surface area contributed by atoms with Crippen LogP contribution in [0.1, 0.15) is 25.3 Å². The average Bonchev–Trinajstić information content (AvgIpc) is 3.04. The smallest absolute Gasteiger partial charge is 0.0483 e. The Balaban J connectivity index is 1.93. The summed E-state index contributed by atoms with van der Waals surface area (Å²) in [5.41, 5.74) is 2.79. The van der Waals surface area contributed by atoms with Gasteiger partial charge in [-0.25, -0.2) is 0 Å². The summed E-state index contributed by atoms with van der Waals surface area (Å²) in [7, 11) is 0. The molecule has 0 aliphatic heterocycles. The molecule has 2 heteroatoms. The van der Waals surface area contributed by atoms with Crippen molar-refractivity contribution in [1.82, 2.24) is 9.88 Å². The van der Waals surface area contributed by atoms with E-state index in [-0.39, 0.29) is 0 Å². The molecule has 0 saturated heterocycles. The zero-order chi connectivity index (χ0) is 11.0. The Morgan fingerprint density at radius 2 is 2.19 bits per heavy atom. The Kier molecular flexibility index (Phi) is 2.44. The number of fused-ring (bicyclic) bond motifs is 1. The molecule has 0 radical (unpaired) electrons. The standard InChI is InChI=1S/C14H18N2/c1-2-16-9-8-13-11(4-3-5-14(13)16)10-15-12-6-7-12/h3-5,8-9,12,15H,2,6-7,10H2,1H3. The lowest BCUT2D eigenvalue weighted by molar-refractivity contribution is 0.691. The largest absolute Gasteiger partial charge is 0.348 e.